The molecule has 1 aromatic heterocycles. The van der Waals surface area contributed by atoms with Crippen molar-refractivity contribution in [2.75, 3.05) is 6.54 Å². The van der Waals surface area contributed by atoms with E-state index in [2.05, 4.69) is 15.0 Å². The first-order chi connectivity index (χ1) is 12.9. The van der Waals surface area contributed by atoms with Gasteiger partial charge in [0, 0.05) is 17.8 Å². The van der Waals surface area contributed by atoms with Crippen LogP contribution in [0.2, 0.25) is 0 Å². The number of aromatic nitrogens is 1. The molecule has 1 N–H and O–H groups in total. The number of hydrogen-bond acceptors (Lipinski definition) is 4. The Kier molecular flexibility index (Phi) is 6.36. The molecule has 1 heterocycles. The van der Waals surface area contributed by atoms with Crippen molar-refractivity contribution >= 4 is 17.2 Å². The summed E-state index contributed by atoms with van der Waals surface area (Å²) in [5.41, 5.74) is 1.89. The normalized spacial score (nSPS) is 13.9. The third-order valence-electron chi connectivity index (χ3n) is 4.30. The van der Waals surface area contributed by atoms with Gasteiger partial charge in [-0.2, -0.15) is 0 Å². The predicted molar refractivity (Wildman–Crippen MR) is 96.9 cm³/mol. The summed E-state index contributed by atoms with van der Waals surface area (Å²) in [6.07, 6.45) is 1.75. The lowest BCUT2D eigenvalue weighted by molar-refractivity contribution is -0.274. The minimum Gasteiger partial charge on any atom is -0.406 e. The molecule has 0 unspecified atom stereocenters. The van der Waals surface area contributed by atoms with E-state index in [1.54, 1.807) is 11.3 Å². The highest BCUT2D eigenvalue weighted by atomic mass is 32.1. The van der Waals surface area contributed by atoms with Crippen molar-refractivity contribution in [1.29, 1.82) is 0 Å². The number of rotatable bonds is 7. The van der Waals surface area contributed by atoms with E-state index in [1.165, 1.54) is 47.7 Å². The monoisotopic (exact) mass is 398 g/mol. The van der Waals surface area contributed by atoms with Gasteiger partial charge in [0.15, 0.2) is 0 Å². The van der Waals surface area contributed by atoms with E-state index in [0.29, 0.717) is 12.1 Å². The lowest BCUT2D eigenvalue weighted by atomic mass is 10.0. The van der Waals surface area contributed by atoms with Gasteiger partial charge in [-0.1, -0.05) is 12.1 Å². The molecule has 0 spiro atoms. The fourth-order valence-electron chi connectivity index (χ4n) is 3.04. The number of ether oxygens (including phenoxy) is 1. The van der Waals surface area contributed by atoms with Crippen LogP contribution in [0.4, 0.5) is 13.2 Å². The highest BCUT2D eigenvalue weighted by Gasteiger charge is 2.30. The number of hydrogen-bond donors (Lipinski definition) is 1. The zero-order chi connectivity index (χ0) is 19.3. The Balaban J connectivity index is 1.37. The van der Waals surface area contributed by atoms with Gasteiger partial charge in [0.1, 0.15) is 5.75 Å². The molecular formula is C19H21F3N2O2S. The number of benzene rings is 1. The lowest BCUT2D eigenvalue weighted by Crippen LogP contribution is -2.26. The molecule has 0 radical (unpaired) electrons. The maximum Gasteiger partial charge on any atom is 0.573 e. The maximum atomic E-state index is 12.1. The van der Waals surface area contributed by atoms with Crippen LogP contribution in [-0.4, -0.2) is 23.8 Å². The van der Waals surface area contributed by atoms with Gasteiger partial charge in [0.05, 0.1) is 17.1 Å². The van der Waals surface area contributed by atoms with Crippen molar-refractivity contribution in [2.45, 2.75) is 51.3 Å². The van der Waals surface area contributed by atoms with Crippen LogP contribution < -0.4 is 10.1 Å². The number of halogens is 3. The van der Waals surface area contributed by atoms with Crippen molar-refractivity contribution in [3.63, 3.8) is 0 Å². The highest BCUT2D eigenvalue weighted by molar-refractivity contribution is 7.11. The van der Waals surface area contributed by atoms with Crippen LogP contribution in [0.1, 0.15) is 40.4 Å². The summed E-state index contributed by atoms with van der Waals surface area (Å²) < 4.78 is 40.2. The highest BCUT2D eigenvalue weighted by Crippen LogP contribution is 2.27. The molecule has 1 aliphatic carbocycles. The number of carbonyl (C=O) groups excluding carboxylic acids is 1. The Morgan fingerprint density at radius 3 is 2.63 bits per heavy atom. The van der Waals surface area contributed by atoms with Crippen LogP contribution in [-0.2, 0) is 30.5 Å². The number of aryl methyl sites for hydroxylation is 3. The summed E-state index contributed by atoms with van der Waals surface area (Å²) in [5.74, 6) is -0.448. The van der Waals surface area contributed by atoms with Crippen molar-refractivity contribution in [3.05, 3.63) is 45.4 Å². The number of nitrogens with zero attached hydrogens (tertiary/aromatic N) is 1. The van der Waals surface area contributed by atoms with Gasteiger partial charge in [0.2, 0.25) is 5.91 Å². The Morgan fingerprint density at radius 2 is 1.93 bits per heavy atom. The van der Waals surface area contributed by atoms with E-state index < -0.39 is 6.36 Å². The Bertz CT molecular complexity index is 749. The second kappa shape index (κ2) is 8.73. The Labute approximate surface area is 159 Å². The maximum absolute atomic E-state index is 12.1. The standard InChI is InChI=1S/C19H21F3N2O2S/c20-19(21,22)26-14-9-7-13(8-10-14)12-17(25)23-11-3-6-18-24-15-4-1-2-5-16(15)27-18/h7-10H,1-6,11-12H2,(H,23,25). The van der Waals surface area contributed by atoms with Crippen molar-refractivity contribution in [3.8, 4) is 5.75 Å². The topological polar surface area (TPSA) is 51.2 Å². The quantitative estimate of drug-likeness (QED) is 0.711. The largest absolute Gasteiger partial charge is 0.573 e. The second-order valence-corrected chi connectivity index (χ2v) is 7.67. The van der Waals surface area contributed by atoms with Crippen LogP contribution >= 0.6 is 11.3 Å². The van der Waals surface area contributed by atoms with Gasteiger partial charge in [-0.25, -0.2) is 4.98 Å². The molecule has 0 saturated carbocycles. The zero-order valence-corrected chi connectivity index (χ0v) is 15.6. The van der Waals surface area contributed by atoms with Crippen LogP contribution in [0.15, 0.2) is 24.3 Å². The van der Waals surface area contributed by atoms with E-state index in [0.717, 1.165) is 30.7 Å². The third-order valence-corrected chi connectivity index (χ3v) is 5.52. The molecule has 27 heavy (non-hydrogen) atoms. The summed E-state index contributed by atoms with van der Waals surface area (Å²) in [6, 6.07) is 5.34. The summed E-state index contributed by atoms with van der Waals surface area (Å²) in [5, 5.41) is 3.98. The smallest absolute Gasteiger partial charge is 0.406 e. The predicted octanol–water partition coefficient (Wildman–Crippen LogP) is 4.21. The Hall–Kier alpha value is -2.09. The zero-order valence-electron chi connectivity index (χ0n) is 14.8. The van der Waals surface area contributed by atoms with Crippen LogP contribution in [0.25, 0.3) is 0 Å². The average molecular weight is 398 g/mol. The van der Waals surface area contributed by atoms with Crippen molar-refractivity contribution < 1.29 is 22.7 Å². The minimum absolute atomic E-state index is 0.123. The number of carbonyl (C=O) groups is 1. The SMILES string of the molecule is O=C(Cc1ccc(OC(F)(F)F)cc1)NCCCc1nc2c(s1)CCCC2. The van der Waals surface area contributed by atoms with E-state index >= 15 is 0 Å². The summed E-state index contributed by atoms with van der Waals surface area (Å²) >= 11 is 1.79. The van der Waals surface area contributed by atoms with Gasteiger partial charge in [-0.05, 0) is 49.8 Å². The molecule has 1 aliphatic rings. The van der Waals surface area contributed by atoms with Crippen LogP contribution in [0.5, 0.6) is 5.75 Å². The fraction of sp³-hybridized carbons (Fsp3) is 0.474. The molecule has 146 valence electrons. The first kappa shape index (κ1) is 19.7. The minimum atomic E-state index is -4.71. The molecule has 0 bridgehead atoms. The molecule has 0 saturated heterocycles. The summed E-state index contributed by atoms with van der Waals surface area (Å²) in [7, 11) is 0. The number of nitrogens with one attached hydrogen (secondary N) is 1. The van der Waals surface area contributed by atoms with Gasteiger partial charge in [-0.3, -0.25) is 4.79 Å². The van der Waals surface area contributed by atoms with E-state index in [-0.39, 0.29) is 18.1 Å². The number of fused-ring (bicyclic) bond motifs is 1. The summed E-state index contributed by atoms with van der Waals surface area (Å²) in [6.45, 7) is 0.554. The molecule has 3 rings (SSSR count). The fourth-order valence-corrected chi connectivity index (χ4v) is 4.24. The second-order valence-electron chi connectivity index (χ2n) is 6.51. The molecule has 1 amide bonds. The molecule has 4 nitrogen and oxygen atoms in total. The third kappa shape index (κ3) is 6.23. The van der Waals surface area contributed by atoms with Gasteiger partial charge in [0.25, 0.3) is 0 Å². The molecule has 0 fully saturated rings. The average Bonchev–Trinajstić information content (AvgIpc) is 3.02. The molecular weight excluding hydrogens is 377 g/mol. The van der Waals surface area contributed by atoms with Crippen LogP contribution in [0, 0.1) is 0 Å². The molecule has 8 heteroatoms. The van der Waals surface area contributed by atoms with E-state index in [1.807, 2.05) is 0 Å². The van der Waals surface area contributed by atoms with E-state index in [4.69, 9.17) is 0 Å². The Morgan fingerprint density at radius 1 is 1.19 bits per heavy atom. The van der Waals surface area contributed by atoms with Crippen molar-refractivity contribution in [1.82, 2.24) is 10.3 Å². The molecule has 0 aliphatic heterocycles. The number of alkyl halides is 3. The molecule has 0 atom stereocenters. The van der Waals surface area contributed by atoms with Crippen molar-refractivity contribution in [2.24, 2.45) is 0 Å². The van der Waals surface area contributed by atoms with Gasteiger partial charge >= 0.3 is 6.36 Å². The first-order valence-corrected chi connectivity index (χ1v) is 9.79. The van der Waals surface area contributed by atoms with E-state index in [9.17, 15) is 18.0 Å². The van der Waals surface area contributed by atoms with Gasteiger partial charge < -0.3 is 10.1 Å². The number of amides is 1. The molecule has 1 aromatic carbocycles. The summed E-state index contributed by atoms with van der Waals surface area (Å²) in [4.78, 5) is 18.1. The molecule has 2 aromatic rings. The van der Waals surface area contributed by atoms with Gasteiger partial charge in [-0.15, -0.1) is 24.5 Å². The lowest BCUT2D eigenvalue weighted by Gasteiger charge is -2.09. The number of thiazole rings is 1. The first-order valence-electron chi connectivity index (χ1n) is 8.98. The van der Waals surface area contributed by atoms with Crippen LogP contribution in [0.3, 0.4) is 0 Å².